The van der Waals surface area contributed by atoms with Crippen molar-refractivity contribution < 1.29 is 13.2 Å². The van der Waals surface area contributed by atoms with Crippen molar-refractivity contribution in [1.82, 2.24) is 15.0 Å². The molecule has 0 amide bonds. The molecule has 2 aromatic rings. The predicted molar refractivity (Wildman–Crippen MR) is 115 cm³/mol. The first-order valence-electron chi connectivity index (χ1n) is 10.5. The van der Waals surface area contributed by atoms with E-state index in [1.807, 2.05) is 0 Å². The van der Waals surface area contributed by atoms with Gasteiger partial charge in [0.1, 0.15) is 0 Å². The zero-order chi connectivity index (χ0) is 22.0. The molecule has 2 aliphatic carbocycles. The van der Waals surface area contributed by atoms with Gasteiger partial charge in [0.15, 0.2) is 4.77 Å². The van der Waals surface area contributed by atoms with Crippen LogP contribution in [-0.2, 0) is 12.6 Å². The van der Waals surface area contributed by atoms with Gasteiger partial charge in [0, 0.05) is 29.6 Å². The average Bonchev–Trinajstić information content (AvgIpc) is 2.76. The fourth-order valence-corrected chi connectivity index (χ4v) is 4.97. The summed E-state index contributed by atoms with van der Waals surface area (Å²) in [6, 6.07) is 1.94. The Balaban J connectivity index is 1.57. The van der Waals surface area contributed by atoms with Gasteiger partial charge in [-0.1, -0.05) is 24.3 Å². The second kappa shape index (κ2) is 8.94. The van der Waals surface area contributed by atoms with Crippen LogP contribution in [0.25, 0.3) is 0 Å². The van der Waals surface area contributed by atoms with Crippen LogP contribution in [0.4, 0.5) is 13.2 Å². The van der Waals surface area contributed by atoms with Gasteiger partial charge < -0.3 is 4.98 Å². The Kier molecular flexibility index (Phi) is 6.27. The van der Waals surface area contributed by atoms with Crippen molar-refractivity contribution >= 4 is 12.2 Å². The van der Waals surface area contributed by atoms with Crippen LogP contribution in [-0.4, -0.2) is 15.0 Å². The molecule has 0 radical (unpaired) electrons. The highest BCUT2D eigenvalue weighted by atomic mass is 32.1. The number of aromatic amines is 2. The summed E-state index contributed by atoms with van der Waals surface area (Å²) in [6.07, 6.45) is 10.3. The summed E-state index contributed by atoms with van der Waals surface area (Å²) >= 11 is 5.18. The molecule has 8 heteroatoms. The van der Waals surface area contributed by atoms with E-state index in [4.69, 9.17) is 12.2 Å². The van der Waals surface area contributed by atoms with Crippen LogP contribution in [0.2, 0.25) is 0 Å². The molecule has 0 saturated heterocycles. The van der Waals surface area contributed by atoms with Crippen molar-refractivity contribution in [2.45, 2.75) is 50.6 Å². The van der Waals surface area contributed by atoms with E-state index in [2.05, 4.69) is 39.3 Å². The third-order valence-corrected chi connectivity index (χ3v) is 6.58. The van der Waals surface area contributed by atoms with Crippen molar-refractivity contribution in [2.24, 2.45) is 11.8 Å². The third-order valence-electron chi connectivity index (χ3n) is 6.38. The van der Waals surface area contributed by atoms with Crippen LogP contribution >= 0.6 is 12.2 Å². The molecular formula is C23H24F3N3OS. The quantitative estimate of drug-likeness (QED) is 0.579. The van der Waals surface area contributed by atoms with E-state index in [1.54, 1.807) is 0 Å². The topological polar surface area (TPSA) is 61.5 Å². The molecule has 4 nitrogen and oxygen atoms in total. The molecule has 4 rings (SSSR count). The Hall–Kier alpha value is -2.48. The number of nitrogens with one attached hydrogen (secondary N) is 2. The SMILES string of the molecule is O=c1[nH]c(=S)[nH]c([C@H]2CC[C@H](C3C=CC=CC3)CC2)c1Cc1cc(C(F)(F)F)ccn1. The van der Waals surface area contributed by atoms with Gasteiger partial charge in [-0.2, -0.15) is 13.2 Å². The molecule has 1 atom stereocenters. The third kappa shape index (κ3) is 5.06. The highest BCUT2D eigenvalue weighted by molar-refractivity contribution is 7.71. The number of aromatic nitrogens is 3. The average molecular weight is 448 g/mol. The zero-order valence-corrected chi connectivity index (χ0v) is 17.7. The molecule has 0 bridgehead atoms. The molecular weight excluding hydrogens is 423 g/mol. The van der Waals surface area contributed by atoms with E-state index in [9.17, 15) is 18.0 Å². The second-order valence-electron chi connectivity index (χ2n) is 8.34. The van der Waals surface area contributed by atoms with Gasteiger partial charge in [-0.15, -0.1) is 0 Å². The zero-order valence-electron chi connectivity index (χ0n) is 16.9. The number of alkyl halides is 3. The fraction of sp³-hybridized carbons (Fsp3) is 0.435. The van der Waals surface area contributed by atoms with E-state index in [-0.39, 0.29) is 28.4 Å². The summed E-state index contributed by atoms with van der Waals surface area (Å²) in [5, 5.41) is 0. The fourth-order valence-electron chi connectivity index (χ4n) is 4.77. The van der Waals surface area contributed by atoms with Crippen LogP contribution in [0, 0.1) is 16.6 Å². The van der Waals surface area contributed by atoms with Gasteiger partial charge in [0.05, 0.1) is 5.56 Å². The maximum atomic E-state index is 13.1. The van der Waals surface area contributed by atoms with Gasteiger partial charge in [-0.05, 0) is 74.2 Å². The summed E-state index contributed by atoms with van der Waals surface area (Å²) < 4.78 is 39.5. The van der Waals surface area contributed by atoms with E-state index in [1.165, 1.54) is 0 Å². The minimum Gasteiger partial charge on any atom is -0.335 e. The molecule has 0 spiro atoms. The minimum atomic E-state index is -4.45. The van der Waals surface area contributed by atoms with E-state index >= 15 is 0 Å². The summed E-state index contributed by atoms with van der Waals surface area (Å²) in [7, 11) is 0. The first kappa shape index (κ1) is 21.7. The van der Waals surface area contributed by atoms with Gasteiger partial charge in [0.25, 0.3) is 5.56 Å². The number of pyridine rings is 1. The Morgan fingerprint density at radius 1 is 1.13 bits per heavy atom. The maximum Gasteiger partial charge on any atom is 0.416 e. The standard InChI is InChI=1S/C23H24F3N3OS/c24-23(25,26)17-10-11-27-18(12-17)13-19-20(28-22(31)29-21(19)30)16-8-6-15(7-9-16)14-4-2-1-3-5-14/h1-4,10-12,14-16H,5-9,13H2,(H2,28,29,30,31)/t14?,15-,16-. The highest BCUT2D eigenvalue weighted by Gasteiger charge is 2.32. The highest BCUT2D eigenvalue weighted by Crippen LogP contribution is 2.41. The van der Waals surface area contributed by atoms with Crippen LogP contribution in [0.1, 0.15) is 60.5 Å². The molecule has 2 N–H and O–H groups in total. The molecule has 2 heterocycles. The number of allylic oxidation sites excluding steroid dienone is 4. The molecule has 1 fully saturated rings. The van der Waals surface area contributed by atoms with E-state index in [0.29, 0.717) is 17.4 Å². The monoisotopic (exact) mass is 447 g/mol. The molecule has 2 aromatic heterocycles. The summed E-state index contributed by atoms with van der Waals surface area (Å²) in [5.41, 5.74) is 0.240. The van der Waals surface area contributed by atoms with Crippen molar-refractivity contribution in [3.8, 4) is 0 Å². The normalized spacial score (nSPS) is 23.8. The minimum absolute atomic E-state index is 0.0246. The lowest BCUT2D eigenvalue weighted by atomic mass is 9.72. The molecule has 31 heavy (non-hydrogen) atoms. The van der Waals surface area contributed by atoms with Gasteiger partial charge in [-0.3, -0.25) is 14.8 Å². The lowest BCUT2D eigenvalue weighted by Gasteiger charge is -2.33. The van der Waals surface area contributed by atoms with Crippen molar-refractivity contribution in [3.05, 3.63) is 80.3 Å². The molecule has 1 saturated carbocycles. The van der Waals surface area contributed by atoms with Gasteiger partial charge in [-0.25, -0.2) is 0 Å². The summed E-state index contributed by atoms with van der Waals surface area (Å²) in [4.78, 5) is 22.5. The summed E-state index contributed by atoms with van der Waals surface area (Å²) in [6.45, 7) is 0. The number of hydrogen-bond acceptors (Lipinski definition) is 3. The van der Waals surface area contributed by atoms with Gasteiger partial charge >= 0.3 is 6.18 Å². The number of nitrogens with zero attached hydrogens (tertiary/aromatic N) is 1. The number of hydrogen-bond donors (Lipinski definition) is 2. The first-order valence-corrected chi connectivity index (χ1v) is 10.9. The van der Waals surface area contributed by atoms with Crippen LogP contribution in [0.5, 0.6) is 0 Å². The number of halogens is 3. The molecule has 0 aliphatic heterocycles. The lowest BCUT2D eigenvalue weighted by molar-refractivity contribution is -0.137. The predicted octanol–water partition coefficient (Wildman–Crippen LogP) is 5.84. The number of rotatable bonds is 4. The Bertz CT molecular complexity index is 1110. The van der Waals surface area contributed by atoms with Crippen molar-refractivity contribution in [2.75, 3.05) is 0 Å². The summed E-state index contributed by atoms with van der Waals surface area (Å²) in [5.74, 6) is 1.29. The molecule has 1 unspecified atom stereocenters. The molecule has 0 aromatic carbocycles. The largest absolute Gasteiger partial charge is 0.416 e. The van der Waals surface area contributed by atoms with Crippen LogP contribution in [0.15, 0.2) is 47.4 Å². The lowest BCUT2D eigenvalue weighted by Crippen LogP contribution is -2.25. The van der Waals surface area contributed by atoms with E-state index in [0.717, 1.165) is 56.1 Å². The maximum absolute atomic E-state index is 13.1. The first-order chi connectivity index (χ1) is 14.8. The Labute approximate surface area is 183 Å². The second-order valence-corrected chi connectivity index (χ2v) is 8.74. The van der Waals surface area contributed by atoms with Crippen molar-refractivity contribution in [1.29, 1.82) is 0 Å². The smallest absolute Gasteiger partial charge is 0.335 e. The van der Waals surface area contributed by atoms with E-state index < -0.39 is 11.7 Å². The van der Waals surface area contributed by atoms with Crippen LogP contribution in [0.3, 0.4) is 0 Å². The Morgan fingerprint density at radius 3 is 2.58 bits per heavy atom. The number of H-pyrrole nitrogens is 2. The molecule has 164 valence electrons. The van der Waals surface area contributed by atoms with Crippen molar-refractivity contribution in [3.63, 3.8) is 0 Å². The van der Waals surface area contributed by atoms with Crippen LogP contribution < -0.4 is 5.56 Å². The Morgan fingerprint density at radius 2 is 1.90 bits per heavy atom. The molecule has 2 aliphatic rings. The van der Waals surface area contributed by atoms with Gasteiger partial charge in [0.2, 0.25) is 0 Å².